The number of hydrogen-bond donors (Lipinski definition) is 1. The van der Waals surface area contributed by atoms with E-state index in [2.05, 4.69) is 18.8 Å². The Balaban J connectivity index is 2.67. The molecule has 0 spiro atoms. The lowest BCUT2D eigenvalue weighted by Crippen LogP contribution is -2.09. The van der Waals surface area contributed by atoms with Gasteiger partial charge in [-0.05, 0) is 24.6 Å². The number of rotatable bonds is 6. The summed E-state index contributed by atoms with van der Waals surface area (Å²) in [4.78, 5) is 11.2. The predicted molar refractivity (Wildman–Crippen MR) is 65.7 cm³/mol. The summed E-state index contributed by atoms with van der Waals surface area (Å²) in [6.45, 7) is 6.18. The van der Waals surface area contributed by atoms with Crippen LogP contribution in [0.15, 0.2) is 36.9 Å². The van der Waals surface area contributed by atoms with Crippen molar-refractivity contribution < 1.29 is 9.53 Å². The zero-order chi connectivity index (χ0) is 11.8. The molecule has 0 aliphatic heterocycles. The quantitative estimate of drug-likeness (QED) is 0.590. The topological polar surface area (TPSA) is 38.3 Å². The number of amides is 1. The Hall–Kier alpha value is -1.77. The van der Waals surface area contributed by atoms with Gasteiger partial charge in [0.15, 0.2) is 0 Å². The van der Waals surface area contributed by atoms with E-state index in [1.165, 1.54) is 6.08 Å². The molecule has 1 amide bonds. The third-order valence-corrected chi connectivity index (χ3v) is 2.09. The van der Waals surface area contributed by atoms with E-state index in [0.29, 0.717) is 18.0 Å². The molecule has 86 valence electrons. The van der Waals surface area contributed by atoms with Gasteiger partial charge in [0.05, 0.1) is 12.3 Å². The molecule has 0 bridgehead atoms. The number of para-hydroxylation sites is 2. The third kappa shape index (κ3) is 3.77. The summed E-state index contributed by atoms with van der Waals surface area (Å²) in [7, 11) is 0. The fraction of sp³-hybridized carbons (Fsp3) is 0.308. The summed E-state index contributed by atoms with van der Waals surface area (Å²) < 4.78 is 5.57. The molecule has 3 nitrogen and oxygen atoms in total. The van der Waals surface area contributed by atoms with Crippen molar-refractivity contribution in [2.45, 2.75) is 19.8 Å². The summed E-state index contributed by atoms with van der Waals surface area (Å²) in [5.74, 6) is 0.470. The molecule has 0 unspecified atom stereocenters. The SMILES string of the molecule is C=CC(=O)Nc1ccccc1OCCCC. The lowest BCUT2D eigenvalue weighted by atomic mass is 10.3. The first-order chi connectivity index (χ1) is 7.77. The molecular formula is C13H17NO2. The van der Waals surface area contributed by atoms with Crippen LogP contribution in [-0.2, 0) is 4.79 Å². The Morgan fingerprint density at radius 1 is 1.50 bits per heavy atom. The molecule has 1 rings (SSSR count). The number of anilines is 1. The van der Waals surface area contributed by atoms with E-state index >= 15 is 0 Å². The monoisotopic (exact) mass is 219 g/mol. The molecule has 1 aromatic rings. The number of ether oxygens (including phenoxy) is 1. The number of nitrogens with one attached hydrogen (secondary N) is 1. The minimum atomic E-state index is -0.230. The van der Waals surface area contributed by atoms with Gasteiger partial charge < -0.3 is 10.1 Å². The van der Waals surface area contributed by atoms with Gasteiger partial charge in [-0.2, -0.15) is 0 Å². The van der Waals surface area contributed by atoms with Crippen LogP contribution in [0.25, 0.3) is 0 Å². The normalized spacial score (nSPS) is 9.56. The lowest BCUT2D eigenvalue weighted by Gasteiger charge is -2.10. The van der Waals surface area contributed by atoms with Crippen molar-refractivity contribution in [1.29, 1.82) is 0 Å². The Kier molecular flexibility index (Phi) is 5.12. The first-order valence-corrected chi connectivity index (χ1v) is 5.43. The molecule has 0 aliphatic rings. The zero-order valence-electron chi connectivity index (χ0n) is 9.53. The van der Waals surface area contributed by atoms with Gasteiger partial charge in [-0.3, -0.25) is 4.79 Å². The van der Waals surface area contributed by atoms with Crippen LogP contribution in [0, 0.1) is 0 Å². The van der Waals surface area contributed by atoms with Crippen molar-refractivity contribution in [2.75, 3.05) is 11.9 Å². The van der Waals surface area contributed by atoms with Gasteiger partial charge in [0.2, 0.25) is 5.91 Å². The molecule has 0 radical (unpaired) electrons. The van der Waals surface area contributed by atoms with Gasteiger partial charge in [0, 0.05) is 0 Å². The molecule has 0 fully saturated rings. The van der Waals surface area contributed by atoms with E-state index in [4.69, 9.17) is 4.74 Å². The number of unbranched alkanes of at least 4 members (excludes halogenated alkanes) is 1. The van der Waals surface area contributed by atoms with Crippen LogP contribution < -0.4 is 10.1 Å². The van der Waals surface area contributed by atoms with Gasteiger partial charge in [0.25, 0.3) is 0 Å². The maximum atomic E-state index is 11.2. The van der Waals surface area contributed by atoms with Gasteiger partial charge in [-0.25, -0.2) is 0 Å². The molecule has 1 N–H and O–H groups in total. The van der Waals surface area contributed by atoms with Gasteiger partial charge >= 0.3 is 0 Å². The Morgan fingerprint density at radius 2 is 2.25 bits per heavy atom. The van der Waals surface area contributed by atoms with Gasteiger partial charge in [-0.1, -0.05) is 32.1 Å². The molecule has 0 atom stereocenters. The highest BCUT2D eigenvalue weighted by atomic mass is 16.5. The summed E-state index contributed by atoms with van der Waals surface area (Å²) in [5.41, 5.74) is 0.684. The summed E-state index contributed by atoms with van der Waals surface area (Å²) in [5, 5.41) is 2.71. The van der Waals surface area contributed by atoms with E-state index in [1.54, 1.807) is 0 Å². The average molecular weight is 219 g/mol. The minimum Gasteiger partial charge on any atom is -0.491 e. The molecule has 3 heteroatoms. The lowest BCUT2D eigenvalue weighted by molar-refractivity contribution is -0.111. The molecule has 0 aliphatic carbocycles. The zero-order valence-corrected chi connectivity index (χ0v) is 9.53. The first-order valence-electron chi connectivity index (χ1n) is 5.43. The van der Waals surface area contributed by atoms with Crippen LogP contribution >= 0.6 is 0 Å². The van der Waals surface area contributed by atoms with E-state index in [-0.39, 0.29) is 5.91 Å². The number of benzene rings is 1. The van der Waals surface area contributed by atoms with Crippen LogP contribution in [0.3, 0.4) is 0 Å². The van der Waals surface area contributed by atoms with Gasteiger partial charge in [-0.15, -0.1) is 0 Å². The maximum Gasteiger partial charge on any atom is 0.247 e. The fourth-order valence-corrected chi connectivity index (χ4v) is 1.21. The fourth-order valence-electron chi connectivity index (χ4n) is 1.21. The molecule has 1 aromatic carbocycles. The van der Waals surface area contributed by atoms with Crippen molar-refractivity contribution in [3.63, 3.8) is 0 Å². The van der Waals surface area contributed by atoms with Crippen molar-refractivity contribution in [2.24, 2.45) is 0 Å². The highest BCUT2D eigenvalue weighted by Gasteiger charge is 2.04. The van der Waals surface area contributed by atoms with Crippen molar-refractivity contribution >= 4 is 11.6 Å². The highest BCUT2D eigenvalue weighted by Crippen LogP contribution is 2.23. The predicted octanol–water partition coefficient (Wildman–Crippen LogP) is 2.99. The van der Waals surface area contributed by atoms with E-state index in [1.807, 2.05) is 24.3 Å². The molecule has 16 heavy (non-hydrogen) atoms. The van der Waals surface area contributed by atoms with E-state index < -0.39 is 0 Å². The summed E-state index contributed by atoms with van der Waals surface area (Å²) >= 11 is 0. The van der Waals surface area contributed by atoms with Crippen molar-refractivity contribution in [3.8, 4) is 5.75 Å². The Labute approximate surface area is 96.1 Å². The Bertz CT molecular complexity index is 361. The number of carbonyl (C=O) groups excluding carboxylic acids is 1. The van der Waals surface area contributed by atoms with Gasteiger partial charge in [0.1, 0.15) is 5.75 Å². The van der Waals surface area contributed by atoms with Crippen LogP contribution in [0.5, 0.6) is 5.75 Å². The van der Waals surface area contributed by atoms with E-state index in [9.17, 15) is 4.79 Å². The minimum absolute atomic E-state index is 0.230. The Morgan fingerprint density at radius 3 is 2.94 bits per heavy atom. The van der Waals surface area contributed by atoms with Crippen LogP contribution in [-0.4, -0.2) is 12.5 Å². The molecule has 0 heterocycles. The van der Waals surface area contributed by atoms with E-state index in [0.717, 1.165) is 12.8 Å². The average Bonchev–Trinajstić information content (AvgIpc) is 2.31. The van der Waals surface area contributed by atoms with Crippen LogP contribution in [0.1, 0.15) is 19.8 Å². The second-order valence-corrected chi connectivity index (χ2v) is 3.39. The first kappa shape index (κ1) is 12.3. The molecule has 0 saturated heterocycles. The standard InChI is InChI=1S/C13H17NO2/c1-3-5-10-16-12-9-7-6-8-11(12)14-13(15)4-2/h4,6-9H,2-3,5,10H2,1H3,(H,14,15). The smallest absolute Gasteiger partial charge is 0.247 e. The third-order valence-electron chi connectivity index (χ3n) is 2.09. The van der Waals surface area contributed by atoms with Crippen LogP contribution in [0.4, 0.5) is 5.69 Å². The second-order valence-electron chi connectivity index (χ2n) is 3.39. The number of hydrogen-bond acceptors (Lipinski definition) is 2. The van der Waals surface area contributed by atoms with Crippen molar-refractivity contribution in [3.05, 3.63) is 36.9 Å². The highest BCUT2D eigenvalue weighted by molar-refractivity contribution is 5.99. The second kappa shape index (κ2) is 6.67. The summed E-state index contributed by atoms with van der Waals surface area (Å²) in [6.07, 6.45) is 3.33. The van der Waals surface area contributed by atoms with Crippen LogP contribution in [0.2, 0.25) is 0 Å². The molecular weight excluding hydrogens is 202 g/mol. The number of carbonyl (C=O) groups is 1. The molecule has 0 saturated carbocycles. The largest absolute Gasteiger partial charge is 0.491 e. The van der Waals surface area contributed by atoms with Crippen molar-refractivity contribution in [1.82, 2.24) is 0 Å². The maximum absolute atomic E-state index is 11.2. The summed E-state index contributed by atoms with van der Waals surface area (Å²) in [6, 6.07) is 7.38. The molecule has 0 aromatic heterocycles.